The molecule has 2 rings (SSSR count). The zero-order valence-corrected chi connectivity index (χ0v) is 18.9. The van der Waals surface area contributed by atoms with Gasteiger partial charge in [0.2, 0.25) is 0 Å². The monoisotopic (exact) mass is 386 g/mol. The Morgan fingerprint density at radius 1 is 1.12 bits per heavy atom. The Hall–Kier alpha value is -0.323. The number of halogens is 1. The number of hydrogen-bond donors (Lipinski definition) is 0. The highest BCUT2D eigenvalue weighted by Crippen LogP contribution is 2.51. The van der Waals surface area contributed by atoms with Crippen LogP contribution in [0, 0.1) is 20.8 Å². The molecule has 0 amide bonds. The fourth-order valence-corrected chi connectivity index (χ4v) is 5.11. The maximum Gasteiger partial charge on any atom is 0.250 e. The van der Waals surface area contributed by atoms with Crippen LogP contribution in [0.4, 0.5) is 0 Å². The summed E-state index contributed by atoms with van der Waals surface area (Å²) in [6.07, 6.45) is 1.97. The summed E-state index contributed by atoms with van der Waals surface area (Å²) in [6, 6.07) is 0. The summed E-state index contributed by atoms with van der Waals surface area (Å²) in [6.45, 7) is 17.9. The number of fused-ring (bicyclic) bond motifs is 1. The third kappa shape index (κ3) is 3.76. The molecule has 136 valence electrons. The van der Waals surface area contributed by atoms with Crippen molar-refractivity contribution in [1.82, 2.24) is 0 Å². The van der Waals surface area contributed by atoms with Gasteiger partial charge in [-0.15, -0.1) is 11.6 Å². The van der Waals surface area contributed by atoms with Gasteiger partial charge in [0.15, 0.2) is 0 Å². The normalized spacial score (nSPS) is 17.6. The summed E-state index contributed by atoms with van der Waals surface area (Å²) >= 11 is 7.67. The Bertz CT molecular complexity index is 623. The molecule has 0 radical (unpaired) electrons. The number of ether oxygens (including phenoxy) is 1. The van der Waals surface area contributed by atoms with Crippen LogP contribution in [0.1, 0.15) is 50.3 Å². The van der Waals surface area contributed by atoms with Crippen LogP contribution < -0.4 is 9.16 Å². The quantitative estimate of drug-likeness (QED) is 0.408. The van der Waals surface area contributed by atoms with E-state index in [0.29, 0.717) is 5.88 Å². The van der Waals surface area contributed by atoms with Gasteiger partial charge in [-0.2, -0.15) is 0 Å². The minimum absolute atomic E-state index is 0.179. The summed E-state index contributed by atoms with van der Waals surface area (Å²) in [5.74, 6) is 2.82. The summed E-state index contributed by atoms with van der Waals surface area (Å²) in [5.41, 5.74) is 3.84. The Kier molecular flexibility index (Phi) is 5.93. The van der Waals surface area contributed by atoms with Crippen LogP contribution in [0.15, 0.2) is 4.90 Å². The zero-order valence-electron chi connectivity index (χ0n) is 16.3. The van der Waals surface area contributed by atoms with E-state index in [-0.39, 0.29) is 10.5 Å². The van der Waals surface area contributed by atoms with Crippen molar-refractivity contribution in [3.63, 3.8) is 0 Å². The molecule has 1 aromatic rings. The van der Waals surface area contributed by atoms with Gasteiger partial charge in [0.25, 0.3) is 8.32 Å². The number of benzene rings is 1. The first-order chi connectivity index (χ1) is 11.0. The number of alkyl halides is 1. The summed E-state index contributed by atoms with van der Waals surface area (Å²) in [7, 11) is -1.87. The van der Waals surface area contributed by atoms with Gasteiger partial charge in [0.1, 0.15) is 16.9 Å². The highest BCUT2D eigenvalue weighted by molar-refractivity contribution is 8.00. The van der Waals surface area contributed by atoms with Crippen LogP contribution in [0.5, 0.6) is 11.5 Å². The maximum atomic E-state index is 6.70. The lowest BCUT2D eigenvalue weighted by molar-refractivity contribution is 0.280. The summed E-state index contributed by atoms with van der Waals surface area (Å²) < 4.78 is 12.9. The van der Waals surface area contributed by atoms with Crippen molar-refractivity contribution < 1.29 is 9.16 Å². The molecule has 0 saturated carbocycles. The lowest BCUT2D eigenvalue weighted by Gasteiger charge is -2.37. The van der Waals surface area contributed by atoms with Crippen LogP contribution in [0.3, 0.4) is 0 Å². The third-order valence-electron chi connectivity index (χ3n) is 5.37. The average molecular weight is 387 g/mol. The molecule has 2 nitrogen and oxygen atoms in total. The molecule has 1 atom stereocenters. The number of rotatable bonds is 5. The molecule has 0 saturated heterocycles. The Balaban J connectivity index is 2.39. The van der Waals surface area contributed by atoms with E-state index in [1.54, 1.807) is 0 Å². The van der Waals surface area contributed by atoms with Crippen molar-refractivity contribution in [2.24, 2.45) is 0 Å². The molecule has 1 aliphatic heterocycles. The predicted molar refractivity (Wildman–Crippen MR) is 109 cm³/mol. The lowest BCUT2D eigenvalue weighted by atomic mass is 10.0. The minimum Gasteiger partial charge on any atom is -0.543 e. The Morgan fingerprint density at radius 3 is 2.29 bits per heavy atom. The van der Waals surface area contributed by atoms with E-state index in [0.717, 1.165) is 24.3 Å². The second kappa shape index (κ2) is 7.12. The molecule has 1 aliphatic rings. The first-order valence-corrected chi connectivity index (χ1v) is 13.0. The smallest absolute Gasteiger partial charge is 0.250 e. The standard InChI is InChI=1S/C19H31ClO2SSi/c1-12-13(2)17-18(23-15(21-17)10-9-11-20)14(3)16(12)22-24(7,8)19(4,5)6/h15H,9-11H2,1-8H3. The van der Waals surface area contributed by atoms with E-state index >= 15 is 0 Å². The third-order valence-corrected chi connectivity index (χ3v) is 11.3. The predicted octanol–water partition coefficient (Wildman–Crippen LogP) is 6.83. The van der Waals surface area contributed by atoms with E-state index in [1.807, 2.05) is 11.8 Å². The van der Waals surface area contributed by atoms with Gasteiger partial charge in [0, 0.05) is 11.4 Å². The zero-order chi connectivity index (χ0) is 18.3. The van der Waals surface area contributed by atoms with Crippen LogP contribution in [-0.4, -0.2) is 19.6 Å². The van der Waals surface area contributed by atoms with E-state index in [2.05, 4.69) is 54.6 Å². The topological polar surface area (TPSA) is 18.5 Å². The molecule has 0 spiro atoms. The average Bonchev–Trinajstić information content (AvgIpc) is 2.90. The molecule has 0 N–H and O–H groups in total. The molecule has 1 aromatic carbocycles. The van der Waals surface area contributed by atoms with Crippen molar-refractivity contribution in [2.75, 3.05) is 5.88 Å². The molecule has 0 aromatic heterocycles. The number of hydrogen-bond acceptors (Lipinski definition) is 3. The van der Waals surface area contributed by atoms with E-state index in [9.17, 15) is 0 Å². The Morgan fingerprint density at radius 2 is 1.75 bits per heavy atom. The van der Waals surface area contributed by atoms with Gasteiger partial charge >= 0.3 is 0 Å². The number of thioether (sulfide) groups is 1. The van der Waals surface area contributed by atoms with Crippen molar-refractivity contribution >= 4 is 31.7 Å². The SMILES string of the molecule is Cc1c(C)c2c(c(C)c1O[Si](C)(C)C(C)(C)C)SC(CCCCl)O2. The molecule has 0 aliphatic carbocycles. The molecule has 5 heteroatoms. The fourth-order valence-electron chi connectivity index (χ4n) is 2.56. The minimum atomic E-state index is -1.87. The second-order valence-electron chi connectivity index (χ2n) is 8.22. The highest BCUT2D eigenvalue weighted by atomic mass is 35.5. The molecule has 1 heterocycles. The van der Waals surface area contributed by atoms with Crippen molar-refractivity contribution in [1.29, 1.82) is 0 Å². The van der Waals surface area contributed by atoms with E-state index in [4.69, 9.17) is 20.8 Å². The maximum absolute atomic E-state index is 6.70. The van der Waals surface area contributed by atoms with Crippen molar-refractivity contribution in [3.8, 4) is 11.5 Å². The summed E-state index contributed by atoms with van der Waals surface area (Å²) in [4.78, 5) is 1.26. The molecular weight excluding hydrogens is 356 g/mol. The highest BCUT2D eigenvalue weighted by Gasteiger charge is 2.40. The van der Waals surface area contributed by atoms with E-state index < -0.39 is 8.32 Å². The van der Waals surface area contributed by atoms with Gasteiger partial charge in [-0.3, -0.25) is 0 Å². The van der Waals surface area contributed by atoms with Crippen LogP contribution in [-0.2, 0) is 0 Å². The second-order valence-corrected chi connectivity index (χ2v) is 14.5. The van der Waals surface area contributed by atoms with Crippen LogP contribution in [0.25, 0.3) is 0 Å². The Labute approximate surface area is 157 Å². The van der Waals surface area contributed by atoms with Gasteiger partial charge in [-0.25, -0.2) is 0 Å². The summed E-state index contributed by atoms with van der Waals surface area (Å²) in [5, 5.41) is 0.186. The van der Waals surface area contributed by atoms with Gasteiger partial charge in [-0.05, 0) is 62.9 Å². The molecular formula is C19H31ClO2SSi. The first kappa shape index (κ1) is 20.0. The largest absolute Gasteiger partial charge is 0.543 e. The molecule has 24 heavy (non-hydrogen) atoms. The van der Waals surface area contributed by atoms with Crippen LogP contribution >= 0.6 is 23.4 Å². The van der Waals surface area contributed by atoms with Gasteiger partial charge < -0.3 is 9.16 Å². The fraction of sp³-hybridized carbons (Fsp3) is 0.684. The molecule has 0 bridgehead atoms. The van der Waals surface area contributed by atoms with E-state index in [1.165, 1.54) is 21.6 Å². The lowest BCUT2D eigenvalue weighted by Crippen LogP contribution is -2.44. The molecule has 1 unspecified atom stereocenters. The van der Waals surface area contributed by atoms with Gasteiger partial charge in [0.05, 0.1) is 4.90 Å². The van der Waals surface area contributed by atoms with Gasteiger partial charge in [-0.1, -0.05) is 32.5 Å². The van der Waals surface area contributed by atoms with Crippen molar-refractivity contribution in [3.05, 3.63) is 16.7 Å². The first-order valence-electron chi connectivity index (χ1n) is 8.71. The van der Waals surface area contributed by atoms with Crippen molar-refractivity contribution in [2.45, 2.75) is 82.8 Å². The van der Waals surface area contributed by atoms with Crippen LogP contribution in [0.2, 0.25) is 18.1 Å². The molecule has 0 fully saturated rings.